The van der Waals surface area contributed by atoms with Crippen molar-refractivity contribution in [2.24, 2.45) is 0 Å². The van der Waals surface area contributed by atoms with E-state index < -0.39 is 13.3 Å². The molecule has 0 fully saturated rings. The predicted octanol–water partition coefficient (Wildman–Crippen LogP) is 2.60. The van der Waals surface area contributed by atoms with Crippen LogP contribution in [0.25, 0.3) is 10.2 Å². The summed E-state index contributed by atoms with van der Waals surface area (Å²) < 4.78 is 23.9. The van der Waals surface area contributed by atoms with Crippen molar-refractivity contribution in [3.8, 4) is 5.75 Å². The minimum Gasteiger partial charge on any atom is -0.496 e. The number of thiazole rings is 1. The average molecular weight is 471 g/mol. The highest BCUT2D eigenvalue weighted by Crippen LogP contribution is 2.37. The molecule has 166 valence electrons. The highest BCUT2D eigenvalue weighted by Gasteiger charge is 2.22. The molecule has 0 aliphatic carbocycles. The fourth-order valence-corrected chi connectivity index (χ4v) is 5.22. The molecule has 1 heterocycles. The Bertz CT molecular complexity index is 1290. The van der Waals surface area contributed by atoms with E-state index in [2.05, 4.69) is 4.74 Å². The van der Waals surface area contributed by atoms with Crippen LogP contribution in [0.15, 0.2) is 72.8 Å². The Morgan fingerprint density at radius 1 is 1.03 bits per heavy atom. The summed E-state index contributed by atoms with van der Waals surface area (Å²) in [6, 6.07) is 20.7. The second-order valence-electron chi connectivity index (χ2n) is 6.54. The van der Waals surface area contributed by atoms with Crippen molar-refractivity contribution in [1.82, 2.24) is 4.68 Å². The van der Waals surface area contributed by atoms with Gasteiger partial charge in [-0.05, 0) is 30.3 Å². The number of fused-ring (bicyclic) bond motifs is 1. The predicted molar refractivity (Wildman–Crippen MR) is 126 cm³/mol. The molecule has 0 aliphatic rings. The van der Waals surface area contributed by atoms with Crippen molar-refractivity contribution >= 4 is 45.5 Å². The van der Waals surface area contributed by atoms with Gasteiger partial charge >= 0.3 is 5.97 Å². The molecular formula is C22H22N3O5PS. The Hall–Kier alpha value is -3.39. The first-order valence-electron chi connectivity index (χ1n) is 9.35. The maximum Gasteiger partial charge on any atom is 0.341 e. The summed E-state index contributed by atoms with van der Waals surface area (Å²) in [4.78, 5) is 21.8. The Balaban J connectivity index is 0.000000182. The van der Waals surface area contributed by atoms with E-state index in [9.17, 15) is 14.3 Å². The molecule has 0 saturated heterocycles. The summed E-state index contributed by atoms with van der Waals surface area (Å²) in [6.45, 7) is 0. The summed E-state index contributed by atoms with van der Waals surface area (Å²) in [5.74, 6) is 5.59. The van der Waals surface area contributed by atoms with E-state index in [0.29, 0.717) is 27.4 Å². The van der Waals surface area contributed by atoms with E-state index in [1.54, 1.807) is 60.7 Å². The van der Waals surface area contributed by atoms with Gasteiger partial charge in [-0.15, -0.1) is 0 Å². The van der Waals surface area contributed by atoms with Crippen LogP contribution >= 0.6 is 18.7 Å². The van der Waals surface area contributed by atoms with E-state index in [-0.39, 0.29) is 4.80 Å². The fraction of sp³-hybridized carbons (Fsp3) is 0.0909. The summed E-state index contributed by atoms with van der Waals surface area (Å²) in [6.07, 6.45) is 0. The lowest BCUT2D eigenvalue weighted by atomic mass is 10.2. The third-order valence-electron chi connectivity index (χ3n) is 4.58. The Labute approximate surface area is 188 Å². The van der Waals surface area contributed by atoms with Gasteiger partial charge in [-0.3, -0.25) is 9.97 Å². The van der Waals surface area contributed by atoms with Crippen LogP contribution in [0.2, 0.25) is 0 Å². The number of carbonyl (C=O) groups is 1. The summed E-state index contributed by atoms with van der Waals surface area (Å²) in [5.41, 5.74) is 0.967. The molecule has 32 heavy (non-hydrogen) atoms. The Morgan fingerprint density at radius 2 is 1.56 bits per heavy atom. The standard InChI is InChI=1S/C12H11O2P.C10H11N3O3S/c13-15(14,11-7-3-1-4-8-11)12-9-5-2-6-10-12;1-15-7-4-6-8(17-10(11)13(6)12)3-5(7)9(14)16-2/h1-10H,(H,13,14);3-4,11H,12H2,1-2H3. The van der Waals surface area contributed by atoms with E-state index in [1.807, 2.05) is 12.1 Å². The molecule has 3 aromatic carbocycles. The molecule has 0 radical (unpaired) electrons. The molecule has 4 rings (SSSR count). The minimum atomic E-state index is -3.40. The molecule has 0 atom stereocenters. The first-order chi connectivity index (χ1) is 15.3. The molecular weight excluding hydrogens is 449 g/mol. The van der Waals surface area contributed by atoms with Gasteiger partial charge in [0, 0.05) is 16.7 Å². The maximum atomic E-state index is 12.2. The van der Waals surface area contributed by atoms with Crippen LogP contribution in [0.3, 0.4) is 0 Å². The molecule has 0 amide bonds. The molecule has 0 saturated carbocycles. The van der Waals surface area contributed by atoms with Gasteiger partial charge in [-0.2, -0.15) is 0 Å². The lowest BCUT2D eigenvalue weighted by molar-refractivity contribution is 0.0597. The monoisotopic (exact) mass is 471 g/mol. The SMILES string of the molecule is COC(=O)c1cc2sc(=N)n(N)c2cc1OC.O=P(O)(c1ccccc1)c1ccccc1. The van der Waals surface area contributed by atoms with Gasteiger partial charge in [0.1, 0.15) is 11.3 Å². The Kier molecular flexibility index (Phi) is 7.15. The van der Waals surface area contributed by atoms with Gasteiger partial charge in [0.2, 0.25) is 4.80 Å². The number of nitrogen functional groups attached to an aromatic ring is 1. The van der Waals surface area contributed by atoms with Gasteiger partial charge in [-0.1, -0.05) is 47.7 Å². The third kappa shape index (κ3) is 4.75. The molecule has 0 unspecified atom stereocenters. The second kappa shape index (κ2) is 9.82. The van der Waals surface area contributed by atoms with Crippen molar-refractivity contribution in [2.75, 3.05) is 20.1 Å². The zero-order chi connectivity index (χ0) is 23.3. The van der Waals surface area contributed by atoms with Gasteiger partial charge in [0.15, 0.2) is 0 Å². The zero-order valence-electron chi connectivity index (χ0n) is 17.4. The number of nitrogens with two attached hydrogens (primary N) is 1. The lowest BCUT2D eigenvalue weighted by Crippen LogP contribution is -2.21. The highest BCUT2D eigenvalue weighted by molar-refractivity contribution is 7.73. The van der Waals surface area contributed by atoms with Gasteiger partial charge in [-0.25, -0.2) is 9.47 Å². The van der Waals surface area contributed by atoms with Crippen LogP contribution < -0.4 is 26.0 Å². The number of methoxy groups -OCH3 is 2. The van der Waals surface area contributed by atoms with Gasteiger partial charge in [0.05, 0.1) is 24.4 Å². The maximum absolute atomic E-state index is 12.2. The van der Waals surface area contributed by atoms with Gasteiger partial charge < -0.3 is 20.2 Å². The number of benzene rings is 3. The number of ether oxygens (including phenoxy) is 2. The van der Waals surface area contributed by atoms with Crippen molar-refractivity contribution in [2.45, 2.75) is 0 Å². The normalized spacial score (nSPS) is 10.8. The average Bonchev–Trinajstić information content (AvgIpc) is 3.11. The molecule has 10 heteroatoms. The number of hydrogen-bond acceptors (Lipinski definition) is 7. The minimum absolute atomic E-state index is 0.198. The molecule has 4 N–H and O–H groups in total. The van der Waals surface area contributed by atoms with E-state index in [0.717, 1.165) is 4.70 Å². The van der Waals surface area contributed by atoms with E-state index in [1.165, 1.54) is 30.2 Å². The van der Waals surface area contributed by atoms with Crippen LogP contribution in [0, 0.1) is 5.41 Å². The largest absolute Gasteiger partial charge is 0.496 e. The Morgan fingerprint density at radius 3 is 2.03 bits per heavy atom. The topological polar surface area (TPSA) is 128 Å². The quantitative estimate of drug-likeness (QED) is 0.239. The van der Waals surface area contributed by atoms with Crippen LogP contribution in [0.1, 0.15) is 10.4 Å². The fourth-order valence-electron chi connectivity index (χ4n) is 2.93. The van der Waals surface area contributed by atoms with E-state index >= 15 is 0 Å². The molecule has 8 nitrogen and oxygen atoms in total. The number of esters is 1. The number of nitrogens with one attached hydrogen (secondary N) is 1. The van der Waals surface area contributed by atoms with Crippen molar-refractivity contribution in [1.29, 1.82) is 5.41 Å². The van der Waals surface area contributed by atoms with Crippen molar-refractivity contribution in [3.05, 3.63) is 83.2 Å². The summed E-state index contributed by atoms with van der Waals surface area (Å²) in [5, 5.41) is 8.54. The first kappa shape index (κ1) is 23.3. The smallest absolute Gasteiger partial charge is 0.341 e. The number of rotatable bonds is 4. The molecule has 0 bridgehead atoms. The lowest BCUT2D eigenvalue weighted by Gasteiger charge is -2.11. The zero-order valence-corrected chi connectivity index (χ0v) is 19.1. The van der Waals surface area contributed by atoms with Crippen molar-refractivity contribution < 1.29 is 23.7 Å². The van der Waals surface area contributed by atoms with Crippen LogP contribution in [0.5, 0.6) is 5.75 Å². The second-order valence-corrected chi connectivity index (χ2v) is 9.75. The molecule has 4 aromatic rings. The van der Waals surface area contributed by atoms with Crippen LogP contribution in [0.4, 0.5) is 0 Å². The van der Waals surface area contributed by atoms with E-state index in [4.69, 9.17) is 16.0 Å². The highest BCUT2D eigenvalue weighted by atomic mass is 32.1. The number of nitrogens with zero attached hydrogens (tertiary/aromatic N) is 1. The van der Waals surface area contributed by atoms with Crippen molar-refractivity contribution in [3.63, 3.8) is 0 Å². The van der Waals surface area contributed by atoms with Gasteiger partial charge in [0.25, 0.3) is 7.37 Å². The number of hydrogen-bond donors (Lipinski definition) is 3. The summed E-state index contributed by atoms with van der Waals surface area (Å²) >= 11 is 1.18. The first-order valence-corrected chi connectivity index (χ1v) is 11.8. The third-order valence-corrected chi connectivity index (χ3v) is 7.52. The number of carbonyl (C=O) groups excluding carboxylic acids is 1. The number of aromatic nitrogens is 1. The molecule has 0 aliphatic heterocycles. The van der Waals surface area contributed by atoms with Crippen LogP contribution in [-0.4, -0.2) is 29.8 Å². The molecule has 0 spiro atoms. The van der Waals surface area contributed by atoms with Crippen LogP contribution in [-0.2, 0) is 9.30 Å². The molecule has 1 aromatic heterocycles. The summed E-state index contributed by atoms with van der Waals surface area (Å²) in [7, 11) is -0.632.